The number of amides is 2. The number of nitrogens with zero attached hydrogens (tertiary/aromatic N) is 2. The Morgan fingerprint density at radius 3 is 2.31 bits per heavy atom. The minimum Gasteiger partial charge on any atom is -0.459 e. The van der Waals surface area contributed by atoms with Gasteiger partial charge in [0.1, 0.15) is 18.1 Å². The lowest BCUT2D eigenvalue weighted by Gasteiger charge is -2.37. The SMILES string of the molecule is CCCC1=C([C@H](O)CC/C(=C/c2ccc(CO)o2)c2ccccc2)[C@H](CO)[C@@H]2C(=O)N(C3CCN(Cc4ccccc4)CC3)C(=O)[C@@H]2C1. The van der Waals surface area contributed by atoms with E-state index in [1.54, 1.807) is 6.07 Å². The molecule has 1 aromatic heterocycles. The maximum atomic E-state index is 14.1. The lowest BCUT2D eigenvalue weighted by molar-refractivity contribution is -0.144. The molecule has 254 valence electrons. The van der Waals surface area contributed by atoms with Crippen LogP contribution in [0.2, 0.25) is 0 Å². The first kappa shape index (κ1) is 34.1. The van der Waals surface area contributed by atoms with E-state index < -0.39 is 23.9 Å². The fraction of sp³-hybridized carbons (Fsp3) is 0.450. The van der Waals surface area contributed by atoms with Gasteiger partial charge in [0.05, 0.1) is 24.5 Å². The Bertz CT molecular complexity index is 1600. The van der Waals surface area contributed by atoms with Crippen LogP contribution in [0.3, 0.4) is 0 Å². The molecule has 0 radical (unpaired) electrons. The third kappa shape index (κ3) is 7.27. The highest BCUT2D eigenvalue weighted by molar-refractivity contribution is 6.06. The van der Waals surface area contributed by atoms with Gasteiger partial charge >= 0.3 is 0 Å². The van der Waals surface area contributed by atoms with E-state index in [9.17, 15) is 24.9 Å². The van der Waals surface area contributed by atoms with Crippen molar-refractivity contribution in [2.75, 3.05) is 19.7 Å². The highest BCUT2D eigenvalue weighted by atomic mass is 16.4. The lowest BCUT2D eigenvalue weighted by Crippen LogP contribution is -2.47. The molecular weight excluding hydrogens is 604 g/mol. The first-order chi connectivity index (χ1) is 23.4. The molecule has 8 heteroatoms. The van der Waals surface area contributed by atoms with Crippen LogP contribution >= 0.6 is 0 Å². The van der Waals surface area contributed by atoms with Crippen LogP contribution in [0.15, 0.2) is 88.4 Å². The van der Waals surface area contributed by atoms with Crippen LogP contribution < -0.4 is 0 Å². The molecule has 2 aliphatic heterocycles. The maximum absolute atomic E-state index is 14.1. The van der Waals surface area contributed by atoms with E-state index in [4.69, 9.17) is 4.42 Å². The second-order valence-electron chi connectivity index (χ2n) is 13.5. The zero-order valence-corrected chi connectivity index (χ0v) is 27.8. The fourth-order valence-corrected chi connectivity index (χ4v) is 8.19. The van der Waals surface area contributed by atoms with Gasteiger partial charge in [-0.1, -0.05) is 79.6 Å². The van der Waals surface area contributed by atoms with Crippen LogP contribution in [-0.2, 0) is 22.7 Å². The Morgan fingerprint density at radius 1 is 0.958 bits per heavy atom. The van der Waals surface area contributed by atoms with Crippen molar-refractivity contribution in [1.29, 1.82) is 0 Å². The van der Waals surface area contributed by atoms with Gasteiger partial charge < -0.3 is 19.7 Å². The number of rotatable bonds is 13. The summed E-state index contributed by atoms with van der Waals surface area (Å²) in [6.07, 6.45) is 5.45. The smallest absolute Gasteiger partial charge is 0.234 e. The number of imide groups is 1. The van der Waals surface area contributed by atoms with Gasteiger partial charge in [-0.2, -0.15) is 0 Å². The minimum absolute atomic E-state index is 0.109. The van der Waals surface area contributed by atoms with Gasteiger partial charge in [-0.25, -0.2) is 0 Å². The molecule has 3 aliphatic rings. The summed E-state index contributed by atoms with van der Waals surface area (Å²) in [4.78, 5) is 32.0. The van der Waals surface area contributed by atoms with Crippen molar-refractivity contribution in [1.82, 2.24) is 9.80 Å². The molecule has 3 aromatic rings. The Hall–Kier alpha value is -3.82. The number of furan rings is 1. The molecule has 1 aliphatic carbocycles. The van der Waals surface area contributed by atoms with Gasteiger partial charge in [-0.15, -0.1) is 0 Å². The summed E-state index contributed by atoms with van der Waals surface area (Å²) in [6, 6.07) is 23.7. The monoisotopic (exact) mass is 652 g/mol. The van der Waals surface area contributed by atoms with Crippen LogP contribution in [-0.4, -0.2) is 68.8 Å². The lowest BCUT2D eigenvalue weighted by atomic mass is 9.67. The Kier molecular flexibility index (Phi) is 11.1. The quantitative estimate of drug-likeness (QED) is 0.157. The molecule has 6 rings (SSSR count). The van der Waals surface area contributed by atoms with Crippen LogP contribution in [0.4, 0.5) is 0 Å². The number of piperidine rings is 1. The standard InChI is InChI=1S/C40H48N2O6/c1-2-9-30-23-34-38(40(47)42(39(34)46)31-18-20-41(21-19-31)24-27-10-5-3-6-11-27)35(26-44)37(30)36(45)17-14-29(28-12-7-4-8-13-28)22-32-15-16-33(25-43)48-32/h3-8,10-13,15-16,22,31,34-36,38,43-45H,2,9,14,17-21,23-26H2,1H3/b29-22-/t34-,35+,36-,38-/m1/s1. The van der Waals surface area contributed by atoms with E-state index in [1.807, 2.05) is 60.7 Å². The highest BCUT2D eigenvalue weighted by Gasteiger charge is 2.56. The molecule has 0 unspecified atom stereocenters. The summed E-state index contributed by atoms with van der Waals surface area (Å²) >= 11 is 0. The van der Waals surface area contributed by atoms with Gasteiger partial charge in [0.25, 0.3) is 0 Å². The molecule has 0 bridgehead atoms. The number of fused-ring (bicyclic) bond motifs is 1. The van der Waals surface area contributed by atoms with Gasteiger partial charge in [0.15, 0.2) is 0 Å². The normalized spacial score (nSPS) is 23.2. The molecule has 2 fully saturated rings. The van der Waals surface area contributed by atoms with Gasteiger partial charge in [-0.3, -0.25) is 19.4 Å². The number of hydrogen-bond donors (Lipinski definition) is 3. The largest absolute Gasteiger partial charge is 0.459 e. The van der Waals surface area contributed by atoms with Crippen molar-refractivity contribution >= 4 is 23.5 Å². The van der Waals surface area contributed by atoms with E-state index in [0.717, 1.165) is 61.2 Å². The number of benzene rings is 2. The van der Waals surface area contributed by atoms with Crippen molar-refractivity contribution < 1.29 is 29.3 Å². The molecular formula is C40H48N2O6. The van der Waals surface area contributed by atoms with Gasteiger partial charge in [-0.05, 0) is 79.0 Å². The molecule has 8 nitrogen and oxygen atoms in total. The predicted octanol–water partition coefficient (Wildman–Crippen LogP) is 5.83. The number of hydrogen-bond acceptors (Lipinski definition) is 7. The summed E-state index contributed by atoms with van der Waals surface area (Å²) in [5.74, 6) is -0.939. The first-order valence-corrected chi connectivity index (χ1v) is 17.5. The van der Waals surface area contributed by atoms with E-state index in [1.165, 1.54) is 10.5 Å². The summed E-state index contributed by atoms with van der Waals surface area (Å²) in [5.41, 5.74) is 4.98. The van der Waals surface area contributed by atoms with E-state index in [-0.39, 0.29) is 31.1 Å². The topological polar surface area (TPSA) is 114 Å². The molecule has 3 heterocycles. The molecule has 2 saturated heterocycles. The molecule has 3 N–H and O–H groups in total. The second-order valence-corrected chi connectivity index (χ2v) is 13.5. The minimum atomic E-state index is -0.875. The van der Waals surface area contributed by atoms with Crippen LogP contribution in [0.25, 0.3) is 11.6 Å². The average Bonchev–Trinajstić information content (AvgIpc) is 3.68. The van der Waals surface area contributed by atoms with Crippen molar-refractivity contribution in [2.45, 2.75) is 77.2 Å². The third-order valence-electron chi connectivity index (χ3n) is 10.5. The zero-order valence-electron chi connectivity index (χ0n) is 27.8. The summed E-state index contributed by atoms with van der Waals surface area (Å²) in [6.45, 7) is 4.09. The van der Waals surface area contributed by atoms with Crippen molar-refractivity contribution in [3.05, 3.63) is 107 Å². The first-order valence-electron chi connectivity index (χ1n) is 17.5. The van der Waals surface area contributed by atoms with Crippen LogP contribution in [0.1, 0.15) is 74.5 Å². The Morgan fingerprint density at radius 2 is 1.67 bits per heavy atom. The molecule has 2 amide bonds. The number of carbonyl (C=O) groups excluding carboxylic acids is 2. The van der Waals surface area contributed by atoms with Gasteiger partial charge in [0, 0.05) is 31.6 Å². The van der Waals surface area contributed by atoms with Crippen LogP contribution in [0, 0.1) is 17.8 Å². The van der Waals surface area contributed by atoms with E-state index in [2.05, 4.69) is 24.0 Å². The predicted molar refractivity (Wildman–Crippen MR) is 185 cm³/mol. The average molecular weight is 653 g/mol. The summed E-state index contributed by atoms with van der Waals surface area (Å²) in [5, 5.41) is 32.1. The van der Waals surface area contributed by atoms with Crippen molar-refractivity contribution in [2.24, 2.45) is 17.8 Å². The number of allylic oxidation sites excluding steroid dienone is 2. The van der Waals surface area contributed by atoms with Crippen molar-refractivity contribution in [3.63, 3.8) is 0 Å². The molecule has 0 saturated carbocycles. The van der Waals surface area contributed by atoms with E-state index in [0.29, 0.717) is 37.2 Å². The zero-order chi connectivity index (χ0) is 33.6. The molecule has 48 heavy (non-hydrogen) atoms. The number of carbonyl (C=O) groups is 2. The summed E-state index contributed by atoms with van der Waals surface area (Å²) < 4.78 is 5.75. The third-order valence-corrected chi connectivity index (χ3v) is 10.5. The van der Waals surface area contributed by atoms with E-state index >= 15 is 0 Å². The van der Waals surface area contributed by atoms with Gasteiger partial charge in [0.2, 0.25) is 11.8 Å². The molecule has 2 aromatic carbocycles. The fourth-order valence-electron chi connectivity index (χ4n) is 8.19. The number of likely N-dealkylation sites (tertiary alicyclic amines) is 2. The molecule has 0 spiro atoms. The molecule has 4 atom stereocenters. The summed E-state index contributed by atoms with van der Waals surface area (Å²) in [7, 11) is 0. The number of aliphatic hydroxyl groups excluding tert-OH is 3. The highest BCUT2D eigenvalue weighted by Crippen LogP contribution is 2.48. The van der Waals surface area contributed by atoms with Crippen molar-refractivity contribution in [3.8, 4) is 0 Å². The Labute approximate surface area is 283 Å². The number of aliphatic hydroxyl groups is 3. The van der Waals surface area contributed by atoms with Crippen LogP contribution in [0.5, 0.6) is 0 Å². The maximum Gasteiger partial charge on any atom is 0.234 e. The second kappa shape index (κ2) is 15.6. The Balaban J connectivity index is 1.19.